The first-order valence-corrected chi connectivity index (χ1v) is 7.88. The molecule has 18 heavy (non-hydrogen) atoms. The molecule has 2 fully saturated rings. The second-order valence-corrected chi connectivity index (χ2v) is 7.03. The number of aromatic amines is 1. The molecule has 2 saturated carbocycles. The lowest BCUT2D eigenvalue weighted by molar-refractivity contribution is 0.406. The molecule has 3 atom stereocenters. The number of halogens is 2. The summed E-state index contributed by atoms with van der Waals surface area (Å²) in [5, 5.41) is 1.56. The highest BCUT2D eigenvalue weighted by molar-refractivity contribution is 14.1. The lowest BCUT2D eigenvalue weighted by atomic mass is 9.88. The fourth-order valence-corrected chi connectivity index (χ4v) is 4.80. The van der Waals surface area contributed by atoms with Crippen molar-refractivity contribution in [3.05, 3.63) is 20.7 Å². The van der Waals surface area contributed by atoms with Crippen molar-refractivity contribution >= 4 is 45.2 Å². The molecule has 3 nitrogen and oxygen atoms in total. The lowest BCUT2D eigenvalue weighted by Gasteiger charge is -2.20. The minimum absolute atomic E-state index is 0.534. The monoisotopic (exact) mass is 373 g/mol. The van der Waals surface area contributed by atoms with Gasteiger partial charge in [-0.2, -0.15) is 0 Å². The first-order chi connectivity index (χ1) is 8.72. The summed E-state index contributed by atoms with van der Waals surface area (Å²) in [5.41, 5.74) is 0.886. The molecule has 94 valence electrons. The van der Waals surface area contributed by atoms with E-state index in [1.165, 1.54) is 25.7 Å². The van der Waals surface area contributed by atoms with E-state index in [1.54, 1.807) is 0 Å². The number of aromatic nitrogens is 3. The van der Waals surface area contributed by atoms with E-state index in [0.29, 0.717) is 11.1 Å². The van der Waals surface area contributed by atoms with Crippen LogP contribution in [-0.2, 0) is 0 Å². The van der Waals surface area contributed by atoms with E-state index in [1.807, 2.05) is 6.20 Å². The van der Waals surface area contributed by atoms with Gasteiger partial charge in [-0.05, 0) is 53.7 Å². The summed E-state index contributed by atoms with van der Waals surface area (Å²) >= 11 is 8.58. The van der Waals surface area contributed by atoms with Gasteiger partial charge < -0.3 is 4.98 Å². The molecule has 0 aliphatic heterocycles. The average molecular weight is 374 g/mol. The molecule has 0 spiro atoms. The van der Waals surface area contributed by atoms with E-state index in [4.69, 9.17) is 16.6 Å². The minimum atomic E-state index is 0.534. The number of nitrogens with one attached hydrogen (secondary N) is 1. The van der Waals surface area contributed by atoms with Gasteiger partial charge in [0, 0.05) is 15.7 Å². The predicted molar refractivity (Wildman–Crippen MR) is 79.8 cm³/mol. The van der Waals surface area contributed by atoms with Crippen molar-refractivity contribution in [2.24, 2.45) is 11.8 Å². The lowest BCUT2D eigenvalue weighted by Crippen LogP contribution is -2.12. The van der Waals surface area contributed by atoms with E-state index >= 15 is 0 Å². The highest BCUT2D eigenvalue weighted by atomic mass is 127. The quantitative estimate of drug-likeness (QED) is 0.603. The molecule has 0 amide bonds. The maximum Gasteiger partial charge on any atom is 0.143 e. The average Bonchev–Trinajstić information content (AvgIpc) is 3.04. The SMILES string of the molecule is Clc1nc([C@@H]2C[C@@H]3CC[C@H]2C3)nc2[nH]cc(I)c12. The Labute approximate surface area is 124 Å². The van der Waals surface area contributed by atoms with Crippen LogP contribution in [0.3, 0.4) is 0 Å². The molecule has 4 rings (SSSR count). The van der Waals surface area contributed by atoms with Gasteiger partial charge in [0.15, 0.2) is 0 Å². The van der Waals surface area contributed by atoms with Gasteiger partial charge in [-0.1, -0.05) is 18.0 Å². The summed E-state index contributed by atoms with van der Waals surface area (Å²) in [6, 6.07) is 0. The first-order valence-electron chi connectivity index (χ1n) is 6.42. The Morgan fingerprint density at radius 1 is 1.28 bits per heavy atom. The number of rotatable bonds is 1. The summed E-state index contributed by atoms with van der Waals surface area (Å²) in [5.74, 6) is 3.18. The zero-order valence-corrected chi connectivity index (χ0v) is 12.7. The van der Waals surface area contributed by atoms with Gasteiger partial charge in [0.1, 0.15) is 16.6 Å². The van der Waals surface area contributed by atoms with E-state index in [2.05, 4.69) is 32.6 Å². The van der Waals surface area contributed by atoms with Crippen LogP contribution in [0.1, 0.15) is 37.4 Å². The topological polar surface area (TPSA) is 41.6 Å². The molecule has 2 aliphatic rings. The fraction of sp³-hybridized carbons (Fsp3) is 0.538. The Morgan fingerprint density at radius 3 is 2.89 bits per heavy atom. The minimum Gasteiger partial charge on any atom is -0.345 e. The molecule has 2 aromatic heterocycles. The van der Waals surface area contributed by atoms with E-state index in [-0.39, 0.29) is 0 Å². The molecule has 0 unspecified atom stereocenters. The van der Waals surface area contributed by atoms with Crippen LogP contribution in [0, 0.1) is 15.4 Å². The van der Waals surface area contributed by atoms with E-state index < -0.39 is 0 Å². The largest absolute Gasteiger partial charge is 0.345 e. The van der Waals surface area contributed by atoms with Crippen LogP contribution < -0.4 is 0 Å². The highest BCUT2D eigenvalue weighted by Gasteiger charge is 2.41. The summed E-state index contributed by atoms with van der Waals surface area (Å²) in [6.45, 7) is 0. The van der Waals surface area contributed by atoms with Crippen LogP contribution in [0.4, 0.5) is 0 Å². The molecular formula is C13H13ClIN3. The number of hydrogen-bond acceptors (Lipinski definition) is 2. The first kappa shape index (κ1) is 11.5. The van der Waals surface area contributed by atoms with Crippen LogP contribution >= 0.6 is 34.2 Å². The van der Waals surface area contributed by atoms with Crippen LogP contribution in [0.5, 0.6) is 0 Å². The van der Waals surface area contributed by atoms with Gasteiger partial charge in [-0.3, -0.25) is 0 Å². The second kappa shape index (κ2) is 4.07. The third kappa shape index (κ3) is 1.61. The Hall–Kier alpha value is -0.360. The van der Waals surface area contributed by atoms with Crippen LogP contribution in [0.15, 0.2) is 6.20 Å². The normalized spacial score (nSPS) is 30.4. The van der Waals surface area contributed by atoms with E-state index in [0.717, 1.165) is 32.3 Å². The van der Waals surface area contributed by atoms with Gasteiger partial charge in [0.2, 0.25) is 0 Å². The second-order valence-electron chi connectivity index (χ2n) is 5.51. The van der Waals surface area contributed by atoms with Crippen molar-refractivity contribution in [3.8, 4) is 0 Å². The third-order valence-corrected chi connectivity index (χ3v) is 5.65. The maximum absolute atomic E-state index is 6.31. The molecular weight excluding hydrogens is 361 g/mol. The summed E-state index contributed by atoms with van der Waals surface area (Å²) in [4.78, 5) is 12.5. The molecule has 0 radical (unpaired) electrons. The fourth-order valence-electron chi connectivity index (χ4n) is 3.70. The van der Waals surface area contributed by atoms with Crippen molar-refractivity contribution < 1.29 is 0 Å². The highest BCUT2D eigenvalue weighted by Crippen LogP contribution is 2.52. The number of H-pyrrole nitrogens is 1. The molecule has 1 N–H and O–H groups in total. The Bertz CT molecular complexity index is 624. The smallest absolute Gasteiger partial charge is 0.143 e. The zero-order valence-electron chi connectivity index (χ0n) is 9.79. The molecule has 2 heterocycles. The molecule has 2 aromatic rings. The molecule has 2 aliphatic carbocycles. The standard InChI is InChI=1S/C13H13ClIN3/c14-11-10-9(15)5-16-13(10)18-12(17-11)8-4-6-1-2-7(8)3-6/h5-8H,1-4H2,(H,16,17,18)/t6-,7+,8-/m1/s1. The van der Waals surface area contributed by atoms with Crippen LogP contribution in [0.25, 0.3) is 11.0 Å². The van der Waals surface area contributed by atoms with Crippen molar-refractivity contribution in [1.82, 2.24) is 15.0 Å². The van der Waals surface area contributed by atoms with Gasteiger partial charge >= 0.3 is 0 Å². The van der Waals surface area contributed by atoms with Crippen molar-refractivity contribution in [3.63, 3.8) is 0 Å². The maximum atomic E-state index is 6.31. The molecule has 0 aromatic carbocycles. The van der Waals surface area contributed by atoms with Gasteiger partial charge in [0.25, 0.3) is 0 Å². The summed E-state index contributed by atoms with van der Waals surface area (Å²) in [6.07, 6.45) is 7.31. The van der Waals surface area contributed by atoms with Crippen molar-refractivity contribution in [2.75, 3.05) is 0 Å². The Kier molecular flexibility index (Phi) is 2.59. The Morgan fingerprint density at radius 2 is 2.17 bits per heavy atom. The van der Waals surface area contributed by atoms with Gasteiger partial charge in [0.05, 0.1) is 5.39 Å². The number of nitrogens with zero attached hydrogens (tertiary/aromatic N) is 2. The van der Waals surface area contributed by atoms with Crippen molar-refractivity contribution in [1.29, 1.82) is 0 Å². The third-order valence-electron chi connectivity index (χ3n) is 4.53. The number of fused-ring (bicyclic) bond motifs is 3. The predicted octanol–water partition coefficient (Wildman–Crippen LogP) is 4.12. The van der Waals surface area contributed by atoms with Gasteiger partial charge in [-0.15, -0.1) is 0 Å². The Balaban J connectivity index is 1.82. The van der Waals surface area contributed by atoms with Crippen LogP contribution in [0.2, 0.25) is 5.15 Å². The number of hydrogen-bond donors (Lipinski definition) is 1. The molecule has 5 heteroatoms. The summed E-state index contributed by atoms with van der Waals surface area (Å²) in [7, 11) is 0. The van der Waals surface area contributed by atoms with E-state index in [9.17, 15) is 0 Å². The zero-order chi connectivity index (χ0) is 12.3. The van der Waals surface area contributed by atoms with Gasteiger partial charge in [-0.25, -0.2) is 9.97 Å². The molecule has 0 saturated heterocycles. The summed E-state index contributed by atoms with van der Waals surface area (Å²) < 4.78 is 1.09. The van der Waals surface area contributed by atoms with Crippen LogP contribution in [-0.4, -0.2) is 15.0 Å². The molecule has 2 bridgehead atoms. The van der Waals surface area contributed by atoms with Crippen molar-refractivity contribution in [2.45, 2.75) is 31.6 Å².